The third kappa shape index (κ3) is 3.94. The van der Waals surface area contributed by atoms with Crippen LogP contribution in [0.2, 0.25) is 0 Å². The number of carbonyl (C=O) groups excluding carboxylic acids is 5. The number of fused-ring (bicyclic) bond motifs is 2. The van der Waals surface area contributed by atoms with Gasteiger partial charge >= 0.3 is 0 Å². The smallest absolute Gasteiger partial charge is 0.292 e. The molecule has 2 heterocycles. The van der Waals surface area contributed by atoms with Gasteiger partial charge in [0.15, 0.2) is 0 Å². The molecule has 2 aliphatic rings. The number of amides is 4. The summed E-state index contributed by atoms with van der Waals surface area (Å²) in [5.41, 5.74) is 2.28. The molecule has 5 rings (SSSR count). The highest BCUT2D eigenvalue weighted by molar-refractivity contribution is 6.43. The van der Waals surface area contributed by atoms with E-state index in [1.54, 1.807) is 30.3 Å². The van der Waals surface area contributed by atoms with Crippen molar-refractivity contribution in [1.82, 2.24) is 15.5 Å². The zero-order valence-corrected chi connectivity index (χ0v) is 18.2. The average Bonchev–Trinajstić information content (AvgIpc) is 3.17. The van der Waals surface area contributed by atoms with Gasteiger partial charge in [-0.05, 0) is 40.5 Å². The monoisotopic (exact) mass is 455 g/mol. The number of Topliss-reactive ketones (excluding diaryl/α,β-unsaturated/α-hetero) is 1. The molecule has 2 N–H and O–H groups in total. The Labute approximate surface area is 194 Å². The van der Waals surface area contributed by atoms with E-state index in [2.05, 4.69) is 10.6 Å². The van der Waals surface area contributed by atoms with Crippen LogP contribution in [-0.4, -0.2) is 40.4 Å². The van der Waals surface area contributed by atoms with E-state index in [-0.39, 0.29) is 31.3 Å². The maximum atomic E-state index is 12.8. The minimum absolute atomic E-state index is 0.123. The maximum Gasteiger partial charge on any atom is 0.292 e. The molecule has 34 heavy (non-hydrogen) atoms. The summed E-state index contributed by atoms with van der Waals surface area (Å²) in [7, 11) is 0. The van der Waals surface area contributed by atoms with Crippen molar-refractivity contribution in [2.75, 3.05) is 0 Å². The van der Waals surface area contributed by atoms with E-state index >= 15 is 0 Å². The van der Waals surface area contributed by atoms with Crippen molar-refractivity contribution in [3.05, 3.63) is 82.9 Å². The first-order valence-corrected chi connectivity index (χ1v) is 11.0. The van der Waals surface area contributed by atoms with Gasteiger partial charge in [0.1, 0.15) is 6.04 Å². The fourth-order valence-electron chi connectivity index (χ4n) is 4.46. The molecule has 0 radical (unpaired) electrons. The van der Waals surface area contributed by atoms with Crippen LogP contribution in [0.5, 0.6) is 0 Å². The number of hydrogen-bond donors (Lipinski definition) is 2. The average molecular weight is 455 g/mol. The van der Waals surface area contributed by atoms with Crippen LogP contribution in [0.3, 0.4) is 0 Å². The second-order valence-electron chi connectivity index (χ2n) is 8.47. The Morgan fingerprint density at radius 1 is 0.971 bits per heavy atom. The molecule has 1 saturated heterocycles. The van der Waals surface area contributed by atoms with Gasteiger partial charge in [-0.1, -0.05) is 48.5 Å². The Balaban J connectivity index is 1.25. The number of piperidine rings is 1. The molecule has 1 atom stereocenters. The lowest BCUT2D eigenvalue weighted by Crippen LogP contribution is -2.52. The third-order valence-electron chi connectivity index (χ3n) is 6.26. The molecule has 0 aliphatic carbocycles. The van der Waals surface area contributed by atoms with E-state index < -0.39 is 23.6 Å². The minimum Gasteiger partial charge on any atom is -0.345 e. The first kappa shape index (κ1) is 21.5. The second-order valence-corrected chi connectivity index (χ2v) is 8.47. The Bertz CT molecular complexity index is 1380. The Morgan fingerprint density at radius 3 is 2.56 bits per heavy atom. The minimum atomic E-state index is -0.711. The SMILES string of the molecule is O=C1CCC(N2Cc3cc(CNC(=O)C(=O)c4ccc5ccccc5c4)ccc3C2=O)C(=O)N1. The van der Waals surface area contributed by atoms with Gasteiger partial charge < -0.3 is 10.2 Å². The topological polar surface area (TPSA) is 113 Å². The summed E-state index contributed by atoms with van der Waals surface area (Å²) in [5, 5.41) is 6.79. The third-order valence-corrected chi connectivity index (χ3v) is 6.26. The quantitative estimate of drug-likeness (QED) is 0.348. The van der Waals surface area contributed by atoms with Crippen molar-refractivity contribution in [2.45, 2.75) is 32.0 Å². The van der Waals surface area contributed by atoms with Crippen LogP contribution >= 0.6 is 0 Å². The maximum absolute atomic E-state index is 12.8. The highest BCUT2D eigenvalue weighted by atomic mass is 16.2. The molecule has 1 unspecified atom stereocenters. The molecule has 8 heteroatoms. The zero-order valence-electron chi connectivity index (χ0n) is 18.2. The molecule has 2 aliphatic heterocycles. The lowest BCUT2D eigenvalue weighted by Gasteiger charge is -2.29. The van der Waals surface area contributed by atoms with E-state index in [4.69, 9.17) is 0 Å². The molecular formula is C26H21N3O5. The summed E-state index contributed by atoms with van der Waals surface area (Å²) in [6, 6.07) is 17.2. The van der Waals surface area contributed by atoms with Crippen molar-refractivity contribution in [2.24, 2.45) is 0 Å². The first-order valence-electron chi connectivity index (χ1n) is 11.0. The number of nitrogens with zero attached hydrogens (tertiary/aromatic N) is 1. The van der Waals surface area contributed by atoms with Gasteiger partial charge in [-0.25, -0.2) is 0 Å². The van der Waals surface area contributed by atoms with Crippen LogP contribution in [0.15, 0.2) is 60.7 Å². The van der Waals surface area contributed by atoms with Crippen LogP contribution in [-0.2, 0) is 27.5 Å². The molecule has 1 fully saturated rings. The highest BCUT2D eigenvalue weighted by Gasteiger charge is 2.39. The van der Waals surface area contributed by atoms with Crippen molar-refractivity contribution < 1.29 is 24.0 Å². The van der Waals surface area contributed by atoms with Gasteiger partial charge in [0, 0.05) is 30.6 Å². The van der Waals surface area contributed by atoms with Gasteiger partial charge in [-0.15, -0.1) is 0 Å². The van der Waals surface area contributed by atoms with Crippen LogP contribution in [0.25, 0.3) is 10.8 Å². The molecule has 8 nitrogen and oxygen atoms in total. The summed E-state index contributed by atoms with van der Waals surface area (Å²) in [6.07, 6.45) is 0.489. The van der Waals surface area contributed by atoms with E-state index in [1.807, 2.05) is 30.3 Å². The van der Waals surface area contributed by atoms with Crippen LogP contribution in [0, 0.1) is 0 Å². The number of benzene rings is 3. The molecule has 0 bridgehead atoms. The molecule has 0 aromatic heterocycles. The van der Waals surface area contributed by atoms with Gasteiger partial charge in [0.2, 0.25) is 17.6 Å². The Kier molecular flexibility index (Phi) is 5.41. The van der Waals surface area contributed by atoms with E-state index in [9.17, 15) is 24.0 Å². The lowest BCUT2D eigenvalue weighted by atomic mass is 10.0. The number of nitrogens with one attached hydrogen (secondary N) is 2. The van der Waals surface area contributed by atoms with Gasteiger partial charge in [-0.2, -0.15) is 0 Å². The van der Waals surface area contributed by atoms with Crippen molar-refractivity contribution in [3.63, 3.8) is 0 Å². The Hall–Kier alpha value is -4.33. The fraction of sp³-hybridized carbons (Fsp3) is 0.192. The van der Waals surface area contributed by atoms with Crippen LogP contribution in [0.1, 0.15) is 44.7 Å². The number of ketones is 1. The zero-order chi connectivity index (χ0) is 23.8. The molecular weight excluding hydrogens is 434 g/mol. The molecule has 0 spiro atoms. The second kappa shape index (κ2) is 8.55. The lowest BCUT2D eigenvalue weighted by molar-refractivity contribution is -0.137. The van der Waals surface area contributed by atoms with E-state index in [0.717, 1.165) is 21.9 Å². The molecule has 3 aromatic rings. The summed E-state index contributed by atoms with van der Waals surface area (Å²) < 4.78 is 0. The predicted octanol–water partition coefficient (Wildman–Crippen LogP) is 2.10. The van der Waals surface area contributed by atoms with Crippen molar-refractivity contribution >= 4 is 40.2 Å². The van der Waals surface area contributed by atoms with E-state index in [1.165, 1.54) is 4.90 Å². The summed E-state index contributed by atoms with van der Waals surface area (Å²) in [4.78, 5) is 62.9. The number of hydrogen-bond acceptors (Lipinski definition) is 5. The first-order chi connectivity index (χ1) is 16.4. The summed E-state index contributed by atoms with van der Waals surface area (Å²) >= 11 is 0. The van der Waals surface area contributed by atoms with Crippen molar-refractivity contribution in [1.29, 1.82) is 0 Å². The van der Waals surface area contributed by atoms with Gasteiger partial charge in [0.05, 0.1) is 0 Å². The molecule has 170 valence electrons. The van der Waals surface area contributed by atoms with E-state index in [0.29, 0.717) is 17.5 Å². The highest BCUT2D eigenvalue weighted by Crippen LogP contribution is 2.28. The number of imide groups is 1. The standard InChI is InChI=1S/C26H21N3O5/c30-22-10-9-21(24(32)28-22)29-14-19-11-15(5-8-20(19)26(29)34)13-27-25(33)23(31)18-7-6-16-3-1-2-4-17(16)12-18/h1-8,11-12,21H,9-10,13-14H2,(H,27,33)(H,28,30,32). The van der Waals surface area contributed by atoms with Crippen LogP contribution in [0.4, 0.5) is 0 Å². The molecule has 0 saturated carbocycles. The van der Waals surface area contributed by atoms with Crippen LogP contribution < -0.4 is 10.6 Å². The van der Waals surface area contributed by atoms with Gasteiger partial charge in [-0.3, -0.25) is 29.3 Å². The molecule has 4 amide bonds. The fourth-order valence-corrected chi connectivity index (χ4v) is 4.46. The number of carbonyl (C=O) groups is 5. The van der Waals surface area contributed by atoms with Gasteiger partial charge in [0.25, 0.3) is 11.8 Å². The Morgan fingerprint density at radius 2 is 1.76 bits per heavy atom. The number of rotatable bonds is 5. The largest absolute Gasteiger partial charge is 0.345 e. The predicted molar refractivity (Wildman–Crippen MR) is 123 cm³/mol. The normalized spacial score (nSPS) is 17.5. The summed E-state index contributed by atoms with van der Waals surface area (Å²) in [5.74, 6) is -2.38. The summed E-state index contributed by atoms with van der Waals surface area (Å²) in [6.45, 7) is 0.371. The van der Waals surface area contributed by atoms with Crippen molar-refractivity contribution in [3.8, 4) is 0 Å². The molecule has 3 aromatic carbocycles.